The smallest absolute Gasteiger partial charge is 0.0644 e. The Hall–Kier alpha value is -1.13. The first-order chi connectivity index (χ1) is 9.40. The van der Waals surface area contributed by atoms with Gasteiger partial charge in [-0.05, 0) is 53.7 Å². The van der Waals surface area contributed by atoms with Gasteiger partial charge in [0.1, 0.15) is 0 Å². The van der Waals surface area contributed by atoms with Crippen LogP contribution in [0.25, 0.3) is 0 Å². The van der Waals surface area contributed by atoms with Crippen LogP contribution in [0.1, 0.15) is 59.6 Å². The second-order valence-corrected chi connectivity index (χ2v) is 7.11. The third-order valence-corrected chi connectivity index (χ3v) is 4.68. The van der Waals surface area contributed by atoms with E-state index in [1.807, 2.05) is 11.3 Å². The summed E-state index contributed by atoms with van der Waals surface area (Å²) in [6.07, 6.45) is 0. The zero-order chi connectivity index (χ0) is 14.9. The molecule has 3 nitrogen and oxygen atoms in total. The van der Waals surface area contributed by atoms with E-state index in [0.29, 0.717) is 12.1 Å². The third-order valence-electron chi connectivity index (χ3n) is 3.68. The van der Waals surface area contributed by atoms with Crippen LogP contribution in [-0.4, -0.2) is 9.78 Å². The van der Waals surface area contributed by atoms with Crippen molar-refractivity contribution in [2.24, 2.45) is 0 Å². The molecular weight excluding hydrogens is 266 g/mol. The second kappa shape index (κ2) is 6.10. The van der Waals surface area contributed by atoms with E-state index in [9.17, 15) is 0 Å². The number of hydrogen-bond acceptors (Lipinski definition) is 3. The topological polar surface area (TPSA) is 29.9 Å². The van der Waals surface area contributed by atoms with Gasteiger partial charge in [0, 0.05) is 39.6 Å². The summed E-state index contributed by atoms with van der Waals surface area (Å²) in [5, 5.41) is 8.29. The lowest BCUT2D eigenvalue weighted by Gasteiger charge is -2.15. The molecular formula is C16H25N3S. The van der Waals surface area contributed by atoms with Crippen molar-refractivity contribution in [2.45, 2.75) is 60.2 Å². The van der Waals surface area contributed by atoms with E-state index in [1.54, 1.807) is 0 Å². The minimum atomic E-state index is 0.324. The lowest BCUT2D eigenvalue weighted by Crippen LogP contribution is -2.19. The first kappa shape index (κ1) is 15.3. The summed E-state index contributed by atoms with van der Waals surface area (Å²) in [7, 11) is 0. The van der Waals surface area contributed by atoms with Gasteiger partial charge in [-0.15, -0.1) is 11.3 Å². The molecule has 4 heteroatoms. The summed E-state index contributed by atoms with van der Waals surface area (Å²) in [6.45, 7) is 13.9. The van der Waals surface area contributed by atoms with Crippen LogP contribution in [0, 0.1) is 20.8 Å². The van der Waals surface area contributed by atoms with Crippen molar-refractivity contribution < 1.29 is 0 Å². The maximum Gasteiger partial charge on any atom is 0.0644 e. The Labute approximate surface area is 126 Å². The van der Waals surface area contributed by atoms with E-state index in [0.717, 1.165) is 12.2 Å². The number of rotatable bonds is 5. The summed E-state index contributed by atoms with van der Waals surface area (Å²) in [5.74, 6) is 0. The average molecular weight is 291 g/mol. The predicted molar refractivity (Wildman–Crippen MR) is 86.4 cm³/mol. The van der Waals surface area contributed by atoms with Crippen LogP contribution in [0.15, 0.2) is 12.1 Å². The summed E-state index contributed by atoms with van der Waals surface area (Å²) < 4.78 is 2.12. The molecule has 0 aliphatic heterocycles. The quantitative estimate of drug-likeness (QED) is 0.890. The molecule has 110 valence electrons. The largest absolute Gasteiger partial charge is 0.305 e. The molecule has 0 radical (unpaired) electrons. The van der Waals surface area contributed by atoms with Crippen LogP contribution in [0.2, 0.25) is 0 Å². The first-order valence-electron chi connectivity index (χ1n) is 7.24. The third kappa shape index (κ3) is 3.13. The SMILES string of the molecule is Cc1ccc(CNC(C)c2c(C)nn(C(C)C)c2C)s1. The maximum absolute atomic E-state index is 4.67. The number of thiophene rings is 1. The number of hydrogen-bond donors (Lipinski definition) is 1. The molecule has 0 fully saturated rings. The highest BCUT2D eigenvalue weighted by Gasteiger charge is 2.18. The fourth-order valence-corrected chi connectivity index (χ4v) is 3.58. The molecule has 0 saturated heterocycles. The van der Waals surface area contributed by atoms with Crippen LogP contribution >= 0.6 is 11.3 Å². The molecule has 1 unspecified atom stereocenters. The van der Waals surface area contributed by atoms with Crippen LogP contribution < -0.4 is 5.32 Å². The van der Waals surface area contributed by atoms with E-state index in [4.69, 9.17) is 0 Å². The molecule has 1 atom stereocenters. The summed E-state index contributed by atoms with van der Waals surface area (Å²) in [4.78, 5) is 2.76. The Morgan fingerprint density at radius 3 is 2.40 bits per heavy atom. The fraction of sp³-hybridized carbons (Fsp3) is 0.562. The normalized spacial score (nSPS) is 13.2. The first-order valence-corrected chi connectivity index (χ1v) is 8.06. The monoisotopic (exact) mass is 291 g/mol. The summed E-state index contributed by atoms with van der Waals surface area (Å²) >= 11 is 1.86. The number of nitrogens with one attached hydrogen (secondary N) is 1. The van der Waals surface area contributed by atoms with Crippen molar-refractivity contribution in [2.75, 3.05) is 0 Å². The molecule has 0 spiro atoms. The molecule has 0 saturated carbocycles. The van der Waals surface area contributed by atoms with Crippen molar-refractivity contribution in [3.05, 3.63) is 38.8 Å². The Balaban J connectivity index is 2.11. The van der Waals surface area contributed by atoms with E-state index < -0.39 is 0 Å². The molecule has 0 aliphatic carbocycles. The van der Waals surface area contributed by atoms with Gasteiger partial charge in [0.25, 0.3) is 0 Å². The summed E-state index contributed by atoms with van der Waals surface area (Å²) in [6, 6.07) is 5.12. The van der Waals surface area contributed by atoms with Gasteiger partial charge in [0.2, 0.25) is 0 Å². The lowest BCUT2D eigenvalue weighted by atomic mass is 10.1. The van der Waals surface area contributed by atoms with Gasteiger partial charge >= 0.3 is 0 Å². The number of aromatic nitrogens is 2. The zero-order valence-electron chi connectivity index (χ0n) is 13.3. The number of aryl methyl sites for hydroxylation is 2. The molecule has 2 heterocycles. The Morgan fingerprint density at radius 2 is 1.90 bits per heavy atom. The van der Waals surface area contributed by atoms with Gasteiger partial charge in [0.05, 0.1) is 5.69 Å². The van der Waals surface area contributed by atoms with Crippen molar-refractivity contribution in [1.82, 2.24) is 15.1 Å². The van der Waals surface area contributed by atoms with E-state index in [2.05, 4.69) is 68.8 Å². The van der Waals surface area contributed by atoms with E-state index in [-0.39, 0.29) is 0 Å². The predicted octanol–water partition coefficient (Wildman–Crippen LogP) is 4.30. The average Bonchev–Trinajstić information content (AvgIpc) is 2.91. The second-order valence-electron chi connectivity index (χ2n) is 5.74. The van der Waals surface area contributed by atoms with Gasteiger partial charge in [-0.1, -0.05) is 0 Å². The van der Waals surface area contributed by atoms with Crippen LogP contribution in [0.5, 0.6) is 0 Å². The number of nitrogens with zero attached hydrogens (tertiary/aromatic N) is 2. The molecule has 0 aliphatic rings. The molecule has 0 amide bonds. The highest BCUT2D eigenvalue weighted by atomic mass is 32.1. The van der Waals surface area contributed by atoms with Gasteiger partial charge in [0.15, 0.2) is 0 Å². The van der Waals surface area contributed by atoms with Crippen molar-refractivity contribution in [3.8, 4) is 0 Å². The standard InChI is InChI=1S/C16H25N3S/c1-10(2)19-14(6)16(13(5)18-19)12(4)17-9-15-8-7-11(3)20-15/h7-8,10,12,17H,9H2,1-6H3. The lowest BCUT2D eigenvalue weighted by molar-refractivity contribution is 0.512. The highest BCUT2D eigenvalue weighted by Crippen LogP contribution is 2.24. The molecule has 2 rings (SSSR count). The van der Waals surface area contributed by atoms with Gasteiger partial charge in [-0.2, -0.15) is 5.10 Å². The Bertz CT molecular complexity index is 581. The molecule has 2 aromatic rings. The maximum atomic E-state index is 4.67. The molecule has 20 heavy (non-hydrogen) atoms. The van der Waals surface area contributed by atoms with Gasteiger partial charge in [-0.3, -0.25) is 4.68 Å². The fourth-order valence-electron chi connectivity index (χ4n) is 2.74. The van der Waals surface area contributed by atoms with Crippen molar-refractivity contribution in [1.29, 1.82) is 0 Å². The van der Waals surface area contributed by atoms with E-state index >= 15 is 0 Å². The molecule has 1 N–H and O–H groups in total. The van der Waals surface area contributed by atoms with Crippen LogP contribution in [0.3, 0.4) is 0 Å². The van der Waals surface area contributed by atoms with Crippen molar-refractivity contribution in [3.63, 3.8) is 0 Å². The van der Waals surface area contributed by atoms with Crippen molar-refractivity contribution >= 4 is 11.3 Å². The molecule has 0 aromatic carbocycles. The molecule has 0 bridgehead atoms. The van der Waals surface area contributed by atoms with Crippen LogP contribution in [-0.2, 0) is 6.54 Å². The van der Waals surface area contributed by atoms with Gasteiger partial charge in [-0.25, -0.2) is 0 Å². The van der Waals surface area contributed by atoms with Crippen LogP contribution in [0.4, 0.5) is 0 Å². The Morgan fingerprint density at radius 1 is 1.20 bits per heavy atom. The van der Waals surface area contributed by atoms with E-state index in [1.165, 1.54) is 21.0 Å². The minimum Gasteiger partial charge on any atom is -0.305 e. The zero-order valence-corrected chi connectivity index (χ0v) is 14.1. The highest BCUT2D eigenvalue weighted by molar-refractivity contribution is 7.11. The van der Waals surface area contributed by atoms with Gasteiger partial charge < -0.3 is 5.32 Å². The molecule has 2 aromatic heterocycles. The summed E-state index contributed by atoms with van der Waals surface area (Å²) in [5.41, 5.74) is 3.75. The Kier molecular flexibility index (Phi) is 4.66. The minimum absolute atomic E-state index is 0.324.